The molecule has 1 fully saturated rings. The third-order valence-corrected chi connectivity index (χ3v) is 3.67. The van der Waals surface area contributed by atoms with Crippen LogP contribution < -0.4 is 0 Å². The van der Waals surface area contributed by atoms with Gasteiger partial charge in [-0.15, -0.1) is 0 Å². The van der Waals surface area contributed by atoms with E-state index in [1.54, 1.807) is 35.1 Å². The van der Waals surface area contributed by atoms with Crippen LogP contribution in [0.4, 0.5) is 0 Å². The van der Waals surface area contributed by atoms with Crippen molar-refractivity contribution in [2.75, 3.05) is 13.1 Å². The zero-order valence-corrected chi connectivity index (χ0v) is 11.5. The van der Waals surface area contributed by atoms with Crippen molar-refractivity contribution in [3.63, 3.8) is 0 Å². The van der Waals surface area contributed by atoms with Crippen LogP contribution in [0.1, 0.15) is 22.3 Å². The molecule has 1 aliphatic rings. The fourth-order valence-electron chi connectivity index (χ4n) is 2.64. The molecular formula is C15H17N3O3. The summed E-state index contributed by atoms with van der Waals surface area (Å²) in [6.07, 6.45) is 4.14. The molecule has 0 aliphatic carbocycles. The van der Waals surface area contributed by atoms with Gasteiger partial charge in [-0.25, -0.2) is 9.48 Å². The number of rotatable bonds is 4. The number of hydrogen-bond donors (Lipinski definition) is 2. The lowest BCUT2D eigenvalue weighted by Crippen LogP contribution is -2.21. The van der Waals surface area contributed by atoms with Crippen molar-refractivity contribution >= 4 is 5.97 Å². The van der Waals surface area contributed by atoms with E-state index in [0.29, 0.717) is 18.8 Å². The van der Waals surface area contributed by atoms with E-state index in [0.717, 1.165) is 18.5 Å². The van der Waals surface area contributed by atoms with Gasteiger partial charge in [-0.05, 0) is 18.6 Å². The van der Waals surface area contributed by atoms with Crippen molar-refractivity contribution in [1.82, 2.24) is 14.7 Å². The molecule has 1 saturated heterocycles. The summed E-state index contributed by atoms with van der Waals surface area (Å²) in [6, 6.07) is 6.79. The Kier molecular flexibility index (Phi) is 3.72. The summed E-state index contributed by atoms with van der Waals surface area (Å²) in [6.45, 7) is 2.27. The average Bonchev–Trinajstić information content (AvgIpc) is 3.08. The molecule has 0 saturated carbocycles. The number of carboxylic acids is 1. The number of likely N-dealkylation sites (tertiary alicyclic amines) is 1. The number of β-amino-alcohol motifs (C(OH)–C–C–N with tert-alkyl or cyclic N) is 1. The van der Waals surface area contributed by atoms with Gasteiger partial charge in [-0.3, -0.25) is 4.90 Å². The third-order valence-electron chi connectivity index (χ3n) is 3.67. The van der Waals surface area contributed by atoms with E-state index in [1.807, 2.05) is 6.20 Å². The second-order valence-corrected chi connectivity index (χ2v) is 5.29. The number of nitrogens with zero attached hydrogens (tertiary/aromatic N) is 3. The summed E-state index contributed by atoms with van der Waals surface area (Å²) in [5.74, 6) is -0.967. The van der Waals surface area contributed by atoms with Gasteiger partial charge in [0.05, 0.1) is 23.6 Å². The van der Waals surface area contributed by atoms with Crippen LogP contribution in [-0.2, 0) is 6.54 Å². The molecule has 6 heteroatoms. The van der Waals surface area contributed by atoms with Crippen LogP contribution in [-0.4, -0.2) is 50.1 Å². The van der Waals surface area contributed by atoms with Crippen LogP contribution in [0.5, 0.6) is 0 Å². The molecule has 1 aromatic heterocycles. The molecule has 1 atom stereocenters. The van der Waals surface area contributed by atoms with Gasteiger partial charge in [0.1, 0.15) is 0 Å². The summed E-state index contributed by atoms with van der Waals surface area (Å²) in [4.78, 5) is 13.4. The molecular weight excluding hydrogens is 270 g/mol. The lowest BCUT2D eigenvalue weighted by Gasteiger charge is -2.12. The van der Waals surface area contributed by atoms with Gasteiger partial charge in [-0.1, -0.05) is 12.1 Å². The first kappa shape index (κ1) is 13.8. The summed E-state index contributed by atoms with van der Waals surface area (Å²) < 4.78 is 1.59. The molecule has 110 valence electrons. The zero-order chi connectivity index (χ0) is 14.8. The molecule has 0 radical (unpaired) electrons. The van der Waals surface area contributed by atoms with Crippen molar-refractivity contribution in [2.45, 2.75) is 19.1 Å². The molecule has 0 amide bonds. The first-order valence-electron chi connectivity index (χ1n) is 6.90. The predicted octanol–water partition coefficient (Wildman–Crippen LogP) is 1.14. The molecule has 2 aromatic rings. The minimum absolute atomic E-state index is 0.226. The second kappa shape index (κ2) is 5.67. The smallest absolute Gasteiger partial charge is 0.337 e. The minimum atomic E-state index is -0.967. The topological polar surface area (TPSA) is 78.6 Å². The third kappa shape index (κ3) is 2.96. The summed E-state index contributed by atoms with van der Waals surface area (Å²) in [5, 5.41) is 23.0. The fraction of sp³-hybridized carbons (Fsp3) is 0.333. The highest BCUT2D eigenvalue weighted by atomic mass is 16.4. The Morgan fingerprint density at radius 3 is 2.90 bits per heavy atom. The highest BCUT2D eigenvalue weighted by Gasteiger charge is 2.20. The van der Waals surface area contributed by atoms with Gasteiger partial charge in [0.25, 0.3) is 0 Å². The van der Waals surface area contributed by atoms with Gasteiger partial charge in [0, 0.05) is 31.4 Å². The van der Waals surface area contributed by atoms with Crippen LogP contribution in [0.15, 0.2) is 36.7 Å². The number of aliphatic hydroxyl groups excluding tert-OH is 1. The first-order chi connectivity index (χ1) is 10.1. The van der Waals surface area contributed by atoms with E-state index < -0.39 is 5.97 Å². The van der Waals surface area contributed by atoms with Crippen LogP contribution >= 0.6 is 0 Å². The van der Waals surface area contributed by atoms with E-state index in [9.17, 15) is 15.0 Å². The van der Waals surface area contributed by atoms with E-state index >= 15 is 0 Å². The Bertz CT molecular complexity index is 653. The fourth-order valence-corrected chi connectivity index (χ4v) is 2.64. The van der Waals surface area contributed by atoms with Crippen molar-refractivity contribution in [2.24, 2.45) is 0 Å². The first-order valence-corrected chi connectivity index (χ1v) is 6.90. The Balaban J connectivity index is 1.80. The van der Waals surface area contributed by atoms with Crippen molar-refractivity contribution in [1.29, 1.82) is 0 Å². The molecule has 6 nitrogen and oxygen atoms in total. The molecule has 21 heavy (non-hydrogen) atoms. The number of carboxylic acid groups (broad SMARTS) is 1. The molecule has 2 heterocycles. The molecule has 1 aliphatic heterocycles. The van der Waals surface area contributed by atoms with E-state index in [2.05, 4.69) is 10.00 Å². The van der Waals surface area contributed by atoms with Crippen molar-refractivity contribution in [3.8, 4) is 5.69 Å². The zero-order valence-electron chi connectivity index (χ0n) is 11.5. The van der Waals surface area contributed by atoms with E-state index in [4.69, 9.17) is 0 Å². The van der Waals surface area contributed by atoms with E-state index in [-0.39, 0.29) is 11.7 Å². The minimum Gasteiger partial charge on any atom is -0.478 e. The van der Waals surface area contributed by atoms with Crippen LogP contribution in [0.25, 0.3) is 5.69 Å². The SMILES string of the molecule is O=C(O)c1ccccc1-n1cc(CN2CCC(O)C2)cn1. The number of benzene rings is 1. The van der Waals surface area contributed by atoms with Gasteiger partial charge < -0.3 is 10.2 Å². The summed E-state index contributed by atoms with van der Waals surface area (Å²) in [7, 11) is 0. The largest absolute Gasteiger partial charge is 0.478 e. The summed E-state index contributed by atoms with van der Waals surface area (Å²) >= 11 is 0. The average molecular weight is 287 g/mol. The molecule has 1 unspecified atom stereocenters. The number of hydrogen-bond acceptors (Lipinski definition) is 4. The number of para-hydroxylation sites is 1. The molecule has 2 N–H and O–H groups in total. The molecule has 1 aromatic carbocycles. The van der Waals surface area contributed by atoms with Crippen LogP contribution in [0.3, 0.4) is 0 Å². The maximum absolute atomic E-state index is 11.2. The standard InChI is InChI=1S/C15H17N3O3/c19-12-5-6-17(10-12)8-11-7-16-18(9-11)14-4-2-1-3-13(14)15(20)21/h1-4,7,9,12,19H,5-6,8,10H2,(H,20,21). The maximum atomic E-state index is 11.2. The molecule has 0 spiro atoms. The van der Waals surface area contributed by atoms with Gasteiger partial charge in [0.15, 0.2) is 0 Å². The number of aromatic nitrogens is 2. The number of aromatic carboxylic acids is 1. The molecule has 0 bridgehead atoms. The van der Waals surface area contributed by atoms with Gasteiger partial charge in [-0.2, -0.15) is 5.10 Å². The van der Waals surface area contributed by atoms with Crippen LogP contribution in [0, 0.1) is 0 Å². The Morgan fingerprint density at radius 2 is 2.19 bits per heavy atom. The second-order valence-electron chi connectivity index (χ2n) is 5.29. The lowest BCUT2D eigenvalue weighted by molar-refractivity contribution is 0.0696. The van der Waals surface area contributed by atoms with Gasteiger partial charge >= 0.3 is 5.97 Å². The maximum Gasteiger partial charge on any atom is 0.337 e. The Morgan fingerprint density at radius 1 is 1.38 bits per heavy atom. The van der Waals surface area contributed by atoms with Crippen LogP contribution in [0.2, 0.25) is 0 Å². The number of carbonyl (C=O) groups is 1. The van der Waals surface area contributed by atoms with Crippen molar-refractivity contribution < 1.29 is 15.0 Å². The summed E-state index contributed by atoms with van der Waals surface area (Å²) in [5.41, 5.74) is 1.78. The normalized spacial score (nSPS) is 19.0. The Labute approximate surface area is 122 Å². The molecule has 3 rings (SSSR count). The quantitative estimate of drug-likeness (QED) is 0.881. The van der Waals surface area contributed by atoms with E-state index in [1.165, 1.54) is 0 Å². The lowest BCUT2D eigenvalue weighted by atomic mass is 10.2. The highest BCUT2D eigenvalue weighted by molar-refractivity contribution is 5.91. The number of aliphatic hydroxyl groups is 1. The van der Waals surface area contributed by atoms with Crippen molar-refractivity contribution in [3.05, 3.63) is 47.8 Å². The highest BCUT2D eigenvalue weighted by Crippen LogP contribution is 2.17. The predicted molar refractivity (Wildman–Crippen MR) is 76.4 cm³/mol. The monoisotopic (exact) mass is 287 g/mol. The Hall–Kier alpha value is -2.18. The van der Waals surface area contributed by atoms with Gasteiger partial charge in [0.2, 0.25) is 0 Å².